The molecule has 3 aromatic rings. The number of rotatable bonds is 2. The molecule has 0 aliphatic heterocycles. The highest BCUT2D eigenvalue weighted by Gasteiger charge is 2.19. The molecule has 1 heterocycles. The Kier molecular flexibility index (Phi) is 3.37. The van der Waals surface area contributed by atoms with Gasteiger partial charge in [0.25, 0.3) is 10.0 Å². The summed E-state index contributed by atoms with van der Waals surface area (Å²) in [6.07, 6.45) is 1.36. The number of benzene rings is 2. The van der Waals surface area contributed by atoms with E-state index in [0.717, 1.165) is 15.6 Å². The van der Waals surface area contributed by atoms with Crippen LogP contribution < -0.4 is 0 Å². The number of hydrogen-bond donors (Lipinski definition) is 0. The SMILES string of the molecule is Cc1cc2ncn(S(=O)(=O)c3ccc(Br)cc3)c2cc1C. The van der Waals surface area contributed by atoms with Crippen molar-refractivity contribution in [3.8, 4) is 0 Å². The van der Waals surface area contributed by atoms with Crippen LogP contribution >= 0.6 is 15.9 Å². The van der Waals surface area contributed by atoms with Crippen molar-refractivity contribution in [3.05, 3.63) is 58.3 Å². The molecule has 21 heavy (non-hydrogen) atoms. The van der Waals surface area contributed by atoms with E-state index in [-0.39, 0.29) is 4.90 Å². The van der Waals surface area contributed by atoms with Crippen molar-refractivity contribution in [2.24, 2.45) is 0 Å². The molecule has 0 N–H and O–H groups in total. The molecular formula is C15H13BrN2O2S. The predicted octanol–water partition coefficient (Wildman–Crippen LogP) is 3.65. The average molecular weight is 365 g/mol. The van der Waals surface area contributed by atoms with Gasteiger partial charge in [0, 0.05) is 4.47 Å². The summed E-state index contributed by atoms with van der Waals surface area (Å²) in [7, 11) is -3.64. The number of aromatic nitrogens is 2. The summed E-state index contributed by atoms with van der Waals surface area (Å²) in [6, 6.07) is 10.3. The largest absolute Gasteiger partial charge is 0.269 e. The van der Waals surface area contributed by atoms with Crippen molar-refractivity contribution in [2.75, 3.05) is 0 Å². The zero-order valence-corrected chi connectivity index (χ0v) is 13.9. The maximum absolute atomic E-state index is 12.7. The Morgan fingerprint density at radius 2 is 1.67 bits per heavy atom. The lowest BCUT2D eigenvalue weighted by molar-refractivity contribution is 0.588. The Bertz CT molecular complexity index is 928. The van der Waals surface area contributed by atoms with Crippen molar-refractivity contribution < 1.29 is 8.42 Å². The Labute approximate surface area is 131 Å². The molecule has 0 radical (unpaired) electrons. The summed E-state index contributed by atoms with van der Waals surface area (Å²) in [6.45, 7) is 3.94. The smallest absolute Gasteiger partial charge is 0.236 e. The van der Waals surface area contributed by atoms with E-state index in [0.29, 0.717) is 11.0 Å². The third-order valence-corrected chi connectivity index (χ3v) is 5.71. The third kappa shape index (κ3) is 2.38. The molecule has 108 valence electrons. The summed E-state index contributed by atoms with van der Waals surface area (Å²) in [5.74, 6) is 0. The first-order chi connectivity index (χ1) is 9.89. The molecular weight excluding hydrogens is 352 g/mol. The van der Waals surface area contributed by atoms with Crippen molar-refractivity contribution in [1.82, 2.24) is 8.96 Å². The lowest BCUT2D eigenvalue weighted by Gasteiger charge is -2.08. The third-order valence-electron chi connectivity index (χ3n) is 3.50. The molecule has 1 aromatic heterocycles. The molecule has 0 bridgehead atoms. The molecule has 0 aliphatic rings. The molecule has 0 saturated heterocycles. The Morgan fingerprint density at radius 1 is 1.05 bits per heavy atom. The van der Waals surface area contributed by atoms with E-state index in [9.17, 15) is 8.42 Å². The van der Waals surface area contributed by atoms with Crippen LogP contribution in [0.25, 0.3) is 11.0 Å². The van der Waals surface area contributed by atoms with Gasteiger partial charge in [-0.25, -0.2) is 17.4 Å². The van der Waals surface area contributed by atoms with Crippen molar-refractivity contribution >= 4 is 37.0 Å². The van der Waals surface area contributed by atoms with Gasteiger partial charge in [-0.05, 0) is 61.4 Å². The first-order valence-corrected chi connectivity index (χ1v) is 8.58. The molecule has 3 rings (SSSR count). The standard InChI is InChI=1S/C15H13BrN2O2S/c1-10-7-14-15(8-11(10)2)18(9-17-14)21(19,20)13-5-3-12(16)4-6-13/h3-9H,1-2H3. The van der Waals surface area contributed by atoms with Crippen LogP contribution in [0.4, 0.5) is 0 Å². The van der Waals surface area contributed by atoms with Gasteiger partial charge in [0.05, 0.1) is 15.9 Å². The zero-order valence-electron chi connectivity index (χ0n) is 11.5. The average Bonchev–Trinajstić information content (AvgIpc) is 2.83. The van der Waals surface area contributed by atoms with Crippen molar-refractivity contribution in [1.29, 1.82) is 0 Å². The van der Waals surface area contributed by atoms with Crippen molar-refractivity contribution in [2.45, 2.75) is 18.7 Å². The van der Waals surface area contributed by atoms with Crippen LogP contribution in [-0.2, 0) is 10.0 Å². The lowest BCUT2D eigenvalue weighted by atomic mass is 10.1. The minimum atomic E-state index is -3.64. The van der Waals surface area contributed by atoms with Crippen LogP contribution in [0.2, 0.25) is 0 Å². The van der Waals surface area contributed by atoms with Gasteiger partial charge in [0.2, 0.25) is 0 Å². The van der Waals surface area contributed by atoms with Gasteiger partial charge in [-0.2, -0.15) is 0 Å². The van der Waals surface area contributed by atoms with E-state index in [2.05, 4.69) is 20.9 Å². The van der Waals surface area contributed by atoms with Crippen LogP contribution in [0.1, 0.15) is 11.1 Å². The van der Waals surface area contributed by atoms with Gasteiger partial charge in [0.1, 0.15) is 6.33 Å². The van der Waals surface area contributed by atoms with E-state index in [1.54, 1.807) is 24.3 Å². The van der Waals surface area contributed by atoms with Crippen LogP contribution in [-0.4, -0.2) is 17.4 Å². The summed E-state index contributed by atoms with van der Waals surface area (Å²) in [5, 5.41) is 0. The minimum Gasteiger partial charge on any atom is -0.236 e. The van der Waals surface area contributed by atoms with Crippen LogP contribution in [0.15, 0.2) is 52.1 Å². The Morgan fingerprint density at radius 3 is 2.33 bits per heavy atom. The molecule has 0 amide bonds. The van der Waals surface area contributed by atoms with Crippen LogP contribution in [0.3, 0.4) is 0 Å². The van der Waals surface area contributed by atoms with Gasteiger partial charge in [-0.15, -0.1) is 0 Å². The number of hydrogen-bond acceptors (Lipinski definition) is 3. The predicted molar refractivity (Wildman–Crippen MR) is 85.9 cm³/mol. The molecule has 0 aliphatic carbocycles. The maximum Gasteiger partial charge on any atom is 0.269 e. The second kappa shape index (κ2) is 4.96. The normalized spacial score (nSPS) is 12.0. The van der Waals surface area contributed by atoms with Gasteiger partial charge >= 0.3 is 0 Å². The van der Waals surface area contributed by atoms with Gasteiger partial charge in [0.15, 0.2) is 0 Å². The summed E-state index contributed by atoms with van der Waals surface area (Å²) >= 11 is 3.30. The highest BCUT2D eigenvalue weighted by molar-refractivity contribution is 9.10. The van der Waals surface area contributed by atoms with Gasteiger partial charge in [-0.3, -0.25) is 0 Å². The maximum atomic E-state index is 12.7. The van der Waals surface area contributed by atoms with Gasteiger partial charge < -0.3 is 0 Å². The van der Waals surface area contributed by atoms with E-state index in [1.807, 2.05) is 26.0 Å². The lowest BCUT2D eigenvalue weighted by Crippen LogP contribution is -2.11. The van der Waals surface area contributed by atoms with E-state index in [4.69, 9.17) is 0 Å². The zero-order chi connectivity index (χ0) is 15.2. The Balaban J connectivity index is 2.24. The van der Waals surface area contributed by atoms with Crippen LogP contribution in [0.5, 0.6) is 0 Å². The molecule has 0 spiro atoms. The van der Waals surface area contributed by atoms with E-state index >= 15 is 0 Å². The second-order valence-electron chi connectivity index (χ2n) is 4.92. The van der Waals surface area contributed by atoms with Crippen molar-refractivity contribution in [3.63, 3.8) is 0 Å². The first kappa shape index (κ1) is 14.3. The Hall–Kier alpha value is -1.66. The number of halogens is 1. The summed E-state index contributed by atoms with van der Waals surface area (Å²) in [4.78, 5) is 4.44. The molecule has 4 nitrogen and oxygen atoms in total. The second-order valence-corrected chi connectivity index (χ2v) is 7.66. The topological polar surface area (TPSA) is 52.0 Å². The molecule has 0 fully saturated rings. The fraction of sp³-hybridized carbons (Fsp3) is 0.133. The number of fused-ring (bicyclic) bond motifs is 1. The van der Waals surface area contributed by atoms with E-state index < -0.39 is 10.0 Å². The highest BCUT2D eigenvalue weighted by Crippen LogP contribution is 2.24. The molecule has 0 atom stereocenters. The fourth-order valence-electron chi connectivity index (χ4n) is 2.15. The highest BCUT2D eigenvalue weighted by atomic mass is 79.9. The first-order valence-electron chi connectivity index (χ1n) is 6.35. The molecule has 6 heteroatoms. The summed E-state index contributed by atoms with van der Waals surface area (Å²) in [5.41, 5.74) is 3.41. The number of aryl methyl sites for hydroxylation is 2. The number of imidazole rings is 1. The van der Waals surface area contributed by atoms with Crippen LogP contribution in [0, 0.1) is 13.8 Å². The number of nitrogens with zero attached hydrogens (tertiary/aromatic N) is 2. The molecule has 2 aromatic carbocycles. The molecule has 0 unspecified atom stereocenters. The van der Waals surface area contributed by atoms with Gasteiger partial charge in [-0.1, -0.05) is 15.9 Å². The monoisotopic (exact) mass is 364 g/mol. The summed E-state index contributed by atoms with van der Waals surface area (Å²) < 4.78 is 27.5. The fourth-order valence-corrected chi connectivity index (χ4v) is 3.70. The van der Waals surface area contributed by atoms with E-state index in [1.165, 1.54) is 10.3 Å². The quantitative estimate of drug-likeness (QED) is 0.697. The minimum absolute atomic E-state index is 0.239. The molecule has 0 saturated carbocycles.